The van der Waals surface area contributed by atoms with Gasteiger partial charge in [0.1, 0.15) is 5.82 Å². The van der Waals surface area contributed by atoms with Gasteiger partial charge in [0.2, 0.25) is 5.95 Å². The number of aliphatic hydroxyl groups is 1. The van der Waals surface area contributed by atoms with E-state index in [1.165, 1.54) is 24.3 Å². The van der Waals surface area contributed by atoms with Crippen LogP contribution in [0.15, 0.2) is 42.5 Å². The van der Waals surface area contributed by atoms with Crippen LogP contribution in [0.1, 0.15) is 15.9 Å². The van der Waals surface area contributed by atoms with Gasteiger partial charge in [0.25, 0.3) is 5.91 Å². The van der Waals surface area contributed by atoms with Crippen LogP contribution >= 0.6 is 0 Å². The first-order valence-corrected chi connectivity index (χ1v) is 6.32. The van der Waals surface area contributed by atoms with E-state index in [0.29, 0.717) is 17.0 Å². The summed E-state index contributed by atoms with van der Waals surface area (Å²) in [5.41, 5.74) is 2.49. The number of aromatic nitrogens is 2. The van der Waals surface area contributed by atoms with E-state index in [9.17, 15) is 9.18 Å². The maximum atomic E-state index is 12.8. The smallest absolute Gasteiger partial charge is 0.257 e. The summed E-state index contributed by atoms with van der Waals surface area (Å²) in [6.45, 7) is -0.0633. The number of H-pyrrole nitrogens is 1. The van der Waals surface area contributed by atoms with Gasteiger partial charge in [0.05, 0.1) is 17.6 Å². The van der Waals surface area contributed by atoms with Crippen LogP contribution in [0.4, 0.5) is 10.3 Å². The zero-order chi connectivity index (χ0) is 14.8. The number of carbonyl (C=O) groups excluding carboxylic acids is 1. The Bertz CT molecular complexity index is 796. The molecule has 0 unspecified atom stereocenters. The molecule has 3 N–H and O–H groups in total. The number of halogens is 1. The van der Waals surface area contributed by atoms with Crippen molar-refractivity contribution in [3.8, 4) is 0 Å². The molecule has 0 bridgehead atoms. The van der Waals surface area contributed by atoms with E-state index in [4.69, 9.17) is 5.11 Å². The molecule has 0 atom stereocenters. The summed E-state index contributed by atoms with van der Waals surface area (Å²) in [5, 5.41) is 11.7. The fourth-order valence-corrected chi connectivity index (χ4v) is 2.00. The maximum Gasteiger partial charge on any atom is 0.257 e. The third-order valence-corrected chi connectivity index (χ3v) is 3.07. The third-order valence-electron chi connectivity index (χ3n) is 3.07. The molecule has 0 saturated carbocycles. The summed E-state index contributed by atoms with van der Waals surface area (Å²) in [7, 11) is 0. The average Bonchev–Trinajstić information content (AvgIpc) is 2.88. The molecule has 0 aliphatic heterocycles. The molecular weight excluding hydrogens is 273 g/mol. The molecule has 3 aromatic rings. The third kappa shape index (κ3) is 2.75. The molecular formula is C15H12FN3O2. The molecule has 106 valence electrons. The Morgan fingerprint density at radius 1 is 1.24 bits per heavy atom. The molecule has 5 nitrogen and oxygen atoms in total. The van der Waals surface area contributed by atoms with Crippen LogP contribution in [-0.2, 0) is 6.61 Å². The molecule has 0 aliphatic carbocycles. The fraction of sp³-hybridized carbons (Fsp3) is 0.0667. The van der Waals surface area contributed by atoms with Gasteiger partial charge in [-0.05, 0) is 42.0 Å². The lowest BCUT2D eigenvalue weighted by Crippen LogP contribution is -2.12. The lowest BCUT2D eigenvalue weighted by molar-refractivity contribution is 0.102. The molecule has 2 aromatic carbocycles. The second-order valence-corrected chi connectivity index (χ2v) is 4.56. The van der Waals surface area contributed by atoms with Crippen molar-refractivity contribution in [3.63, 3.8) is 0 Å². The van der Waals surface area contributed by atoms with Crippen LogP contribution in [0, 0.1) is 5.82 Å². The van der Waals surface area contributed by atoms with E-state index in [-0.39, 0.29) is 12.5 Å². The van der Waals surface area contributed by atoms with E-state index < -0.39 is 5.82 Å². The number of carbonyl (C=O) groups is 1. The average molecular weight is 285 g/mol. The molecule has 6 heteroatoms. The summed E-state index contributed by atoms with van der Waals surface area (Å²) in [4.78, 5) is 19.2. The van der Waals surface area contributed by atoms with Crippen LogP contribution < -0.4 is 5.32 Å². The summed E-state index contributed by atoms with van der Waals surface area (Å²) in [6, 6.07) is 10.5. The zero-order valence-corrected chi connectivity index (χ0v) is 10.9. The number of aromatic amines is 1. The van der Waals surface area contributed by atoms with Gasteiger partial charge < -0.3 is 10.1 Å². The minimum atomic E-state index is -0.396. The van der Waals surface area contributed by atoms with Crippen molar-refractivity contribution in [1.29, 1.82) is 0 Å². The number of aliphatic hydroxyl groups excluding tert-OH is 1. The monoisotopic (exact) mass is 285 g/mol. The first-order chi connectivity index (χ1) is 10.2. The van der Waals surface area contributed by atoms with Crippen LogP contribution in [0.3, 0.4) is 0 Å². The van der Waals surface area contributed by atoms with Crippen LogP contribution in [-0.4, -0.2) is 21.0 Å². The van der Waals surface area contributed by atoms with Crippen molar-refractivity contribution in [3.05, 3.63) is 59.4 Å². The van der Waals surface area contributed by atoms with E-state index in [2.05, 4.69) is 15.3 Å². The van der Waals surface area contributed by atoms with Crippen molar-refractivity contribution >= 4 is 22.9 Å². The highest BCUT2D eigenvalue weighted by molar-refractivity contribution is 6.03. The molecule has 0 spiro atoms. The van der Waals surface area contributed by atoms with Crippen molar-refractivity contribution < 1.29 is 14.3 Å². The van der Waals surface area contributed by atoms with Crippen molar-refractivity contribution in [2.24, 2.45) is 0 Å². The summed E-state index contributed by atoms with van der Waals surface area (Å²) in [6.07, 6.45) is 0. The first kappa shape index (κ1) is 13.3. The number of nitrogens with zero attached hydrogens (tertiary/aromatic N) is 1. The first-order valence-electron chi connectivity index (χ1n) is 6.32. The molecule has 0 aliphatic rings. The second-order valence-electron chi connectivity index (χ2n) is 4.56. The SMILES string of the molecule is O=C(Nc1nc2ccc(CO)cc2[nH]1)c1ccc(F)cc1. The Kier molecular flexibility index (Phi) is 3.37. The highest BCUT2D eigenvalue weighted by atomic mass is 19.1. The molecule has 0 radical (unpaired) electrons. The summed E-state index contributed by atoms with van der Waals surface area (Å²) >= 11 is 0. The molecule has 1 amide bonds. The highest BCUT2D eigenvalue weighted by Gasteiger charge is 2.09. The van der Waals surface area contributed by atoms with Gasteiger partial charge in [-0.3, -0.25) is 10.1 Å². The number of rotatable bonds is 3. The van der Waals surface area contributed by atoms with Crippen LogP contribution in [0.5, 0.6) is 0 Å². The number of nitrogens with one attached hydrogen (secondary N) is 2. The van der Waals surface area contributed by atoms with Crippen molar-refractivity contribution in [2.75, 3.05) is 5.32 Å². The summed E-state index contributed by atoms with van der Waals surface area (Å²) in [5.74, 6) is -0.474. The maximum absolute atomic E-state index is 12.8. The number of amides is 1. The number of anilines is 1. The second kappa shape index (κ2) is 5.34. The molecule has 0 fully saturated rings. The van der Waals surface area contributed by atoms with Gasteiger partial charge in [-0.15, -0.1) is 0 Å². The predicted octanol–water partition coefficient (Wildman–Crippen LogP) is 2.45. The Morgan fingerprint density at radius 2 is 2.00 bits per heavy atom. The number of imidazole rings is 1. The van der Waals surface area contributed by atoms with E-state index in [1.807, 2.05) is 0 Å². The normalized spacial score (nSPS) is 10.8. The number of hydrogen-bond acceptors (Lipinski definition) is 3. The fourth-order valence-electron chi connectivity index (χ4n) is 2.00. The predicted molar refractivity (Wildman–Crippen MR) is 76.4 cm³/mol. The Morgan fingerprint density at radius 3 is 2.71 bits per heavy atom. The minimum Gasteiger partial charge on any atom is -0.392 e. The molecule has 1 heterocycles. The number of benzene rings is 2. The molecule has 21 heavy (non-hydrogen) atoms. The lowest BCUT2D eigenvalue weighted by atomic mass is 10.2. The minimum absolute atomic E-state index is 0.0633. The van der Waals surface area contributed by atoms with Gasteiger partial charge in [-0.1, -0.05) is 6.07 Å². The molecule has 3 rings (SSSR count). The zero-order valence-electron chi connectivity index (χ0n) is 10.9. The van der Waals surface area contributed by atoms with Crippen LogP contribution in [0.25, 0.3) is 11.0 Å². The van der Waals surface area contributed by atoms with Crippen molar-refractivity contribution in [1.82, 2.24) is 9.97 Å². The van der Waals surface area contributed by atoms with E-state index in [0.717, 1.165) is 11.1 Å². The van der Waals surface area contributed by atoms with Gasteiger partial charge >= 0.3 is 0 Å². The molecule has 1 aromatic heterocycles. The topological polar surface area (TPSA) is 78.0 Å². The highest BCUT2D eigenvalue weighted by Crippen LogP contribution is 2.17. The number of fused-ring (bicyclic) bond motifs is 1. The van der Waals surface area contributed by atoms with Crippen LogP contribution in [0.2, 0.25) is 0 Å². The van der Waals surface area contributed by atoms with Crippen molar-refractivity contribution in [2.45, 2.75) is 6.61 Å². The summed E-state index contributed by atoms with van der Waals surface area (Å²) < 4.78 is 12.8. The van der Waals surface area contributed by atoms with Gasteiger partial charge in [0, 0.05) is 5.56 Å². The van der Waals surface area contributed by atoms with Gasteiger partial charge in [0.15, 0.2) is 0 Å². The molecule has 0 saturated heterocycles. The lowest BCUT2D eigenvalue weighted by Gasteiger charge is -2.01. The number of hydrogen-bond donors (Lipinski definition) is 3. The quantitative estimate of drug-likeness (QED) is 0.691. The Labute approximate surface area is 119 Å². The largest absolute Gasteiger partial charge is 0.392 e. The standard InChI is InChI=1S/C15H12FN3O2/c16-11-4-2-10(3-5-11)14(21)19-15-17-12-6-1-9(8-20)7-13(12)18-15/h1-7,20H,8H2,(H2,17,18,19,21). The Hall–Kier alpha value is -2.73. The van der Waals surface area contributed by atoms with Gasteiger partial charge in [-0.2, -0.15) is 0 Å². The van der Waals surface area contributed by atoms with Gasteiger partial charge in [-0.25, -0.2) is 9.37 Å². The Balaban J connectivity index is 1.84. The van der Waals surface area contributed by atoms with E-state index in [1.54, 1.807) is 18.2 Å². The van der Waals surface area contributed by atoms with E-state index >= 15 is 0 Å².